The van der Waals surface area contributed by atoms with Crippen LogP contribution in [-0.2, 0) is 0 Å². The highest BCUT2D eigenvalue weighted by molar-refractivity contribution is 5.72. The molecule has 0 amide bonds. The van der Waals surface area contributed by atoms with Crippen LogP contribution in [0.5, 0.6) is 11.5 Å². The van der Waals surface area contributed by atoms with Crippen LogP contribution in [0.4, 0.5) is 0 Å². The van der Waals surface area contributed by atoms with Gasteiger partial charge in [-0.3, -0.25) is 0 Å². The minimum absolute atomic E-state index is 0.745. The minimum Gasteiger partial charge on any atom is -0.493 e. The SMILES string of the molecule is COc1ccc(-c2cc3ccccn3c2)cc1OC. The number of fused-ring (bicyclic) bond motifs is 1. The van der Waals surface area contributed by atoms with Gasteiger partial charge in [0.05, 0.1) is 14.2 Å². The quantitative estimate of drug-likeness (QED) is 0.711. The molecule has 0 spiro atoms. The second-order valence-electron chi connectivity index (χ2n) is 4.33. The molecule has 0 saturated heterocycles. The van der Waals surface area contributed by atoms with Gasteiger partial charge in [0.15, 0.2) is 11.5 Å². The van der Waals surface area contributed by atoms with Crippen molar-refractivity contribution in [2.45, 2.75) is 0 Å². The summed E-state index contributed by atoms with van der Waals surface area (Å²) in [5.74, 6) is 1.49. The summed E-state index contributed by atoms with van der Waals surface area (Å²) in [6, 6.07) is 14.3. The van der Waals surface area contributed by atoms with E-state index in [9.17, 15) is 0 Å². The fourth-order valence-electron chi connectivity index (χ4n) is 2.23. The molecule has 0 atom stereocenters. The highest BCUT2D eigenvalue weighted by atomic mass is 16.5. The highest BCUT2D eigenvalue weighted by Gasteiger charge is 2.07. The van der Waals surface area contributed by atoms with Crippen LogP contribution in [0.15, 0.2) is 54.9 Å². The Morgan fingerprint density at radius 3 is 2.42 bits per heavy atom. The summed E-state index contributed by atoms with van der Waals surface area (Å²) in [6.45, 7) is 0. The first-order valence-corrected chi connectivity index (χ1v) is 6.11. The van der Waals surface area contributed by atoms with Crippen LogP contribution >= 0.6 is 0 Å². The van der Waals surface area contributed by atoms with Crippen LogP contribution in [-0.4, -0.2) is 18.6 Å². The topological polar surface area (TPSA) is 22.9 Å². The van der Waals surface area contributed by atoms with Crippen LogP contribution in [0, 0.1) is 0 Å². The highest BCUT2D eigenvalue weighted by Crippen LogP contribution is 2.32. The molecule has 0 aliphatic rings. The van der Waals surface area contributed by atoms with E-state index in [1.807, 2.05) is 36.5 Å². The number of nitrogens with zero attached hydrogens (tertiary/aromatic N) is 1. The van der Waals surface area contributed by atoms with Gasteiger partial charge < -0.3 is 13.9 Å². The van der Waals surface area contributed by atoms with Crippen molar-refractivity contribution in [3.05, 3.63) is 54.9 Å². The maximum atomic E-state index is 5.34. The Hall–Kier alpha value is -2.42. The molecule has 1 aromatic carbocycles. The molecule has 2 heterocycles. The van der Waals surface area contributed by atoms with Gasteiger partial charge in [-0.1, -0.05) is 12.1 Å². The molecule has 0 bridgehead atoms. The van der Waals surface area contributed by atoms with Gasteiger partial charge in [0.25, 0.3) is 0 Å². The van der Waals surface area contributed by atoms with Crippen molar-refractivity contribution < 1.29 is 9.47 Å². The Morgan fingerprint density at radius 2 is 1.68 bits per heavy atom. The molecular formula is C16H15NO2. The van der Waals surface area contributed by atoms with Gasteiger partial charge >= 0.3 is 0 Å². The van der Waals surface area contributed by atoms with Crippen LogP contribution in [0.1, 0.15) is 0 Å². The Labute approximate surface area is 112 Å². The zero-order valence-corrected chi connectivity index (χ0v) is 11.0. The second kappa shape index (κ2) is 4.69. The number of hydrogen-bond donors (Lipinski definition) is 0. The maximum Gasteiger partial charge on any atom is 0.161 e. The third kappa shape index (κ3) is 2.03. The molecule has 2 aromatic heterocycles. The number of rotatable bonds is 3. The molecule has 19 heavy (non-hydrogen) atoms. The van der Waals surface area contributed by atoms with E-state index in [1.54, 1.807) is 14.2 Å². The monoisotopic (exact) mass is 253 g/mol. The average molecular weight is 253 g/mol. The molecule has 96 valence electrons. The smallest absolute Gasteiger partial charge is 0.161 e. The van der Waals surface area contributed by atoms with Gasteiger partial charge in [0.2, 0.25) is 0 Å². The van der Waals surface area contributed by atoms with E-state index in [0.717, 1.165) is 22.6 Å². The van der Waals surface area contributed by atoms with Crippen LogP contribution < -0.4 is 9.47 Å². The van der Waals surface area contributed by atoms with Crippen molar-refractivity contribution in [2.24, 2.45) is 0 Å². The van der Waals surface area contributed by atoms with E-state index in [0.29, 0.717) is 0 Å². The van der Waals surface area contributed by atoms with Crippen molar-refractivity contribution in [1.82, 2.24) is 4.40 Å². The van der Waals surface area contributed by atoms with E-state index in [4.69, 9.17) is 9.47 Å². The van der Waals surface area contributed by atoms with Crippen molar-refractivity contribution in [2.75, 3.05) is 14.2 Å². The number of benzene rings is 1. The minimum atomic E-state index is 0.745. The van der Waals surface area contributed by atoms with Crippen LogP contribution in [0.3, 0.4) is 0 Å². The van der Waals surface area contributed by atoms with Gasteiger partial charge in [0, 0.05) is 23.5 Å². The summed E-state index contributed by atoms with van der Waals surface area (Å²) in [5, 5.41) is 0. The van der Waals surface area contributed by atoms with Gasteiger partial charge in [-0.2, -0.15) is 0 Å². The molecule has 3 rings (SSSR count). The van der Waals surface area contributed by atoms with E-state index < -0.39 is 0 Å². The Balaban J connectivity index is 2.10. The standard InChI is InChI=1S/C16H15NO2/c1-18-15-7-6-12(10-16(15)19-2)13-9-14-5-3-4-8-17(14)11-13/h3-11H,1-2H3. The third-order valence-electron chi connectivity index (χ3n) is 3.22. The van der Waals surface area contributed by atoms with E-state index in [-0.39, 0.29) is 0 Å². The molecular weight excluding hydrogens is 238 g/mol. The molecule has 0 unspecified atom stereocenters. The summed E-state index contributed by atoms with van der Waals surface area (Å²) in [4.78, 5) is 0. The summed E-state index contributed by atoms with van der Waals surface area (Å²) in [7, 11) is 3.29. The van der Waals surface area contributed by atoms with Crippen molar-refractivity contribution in [3.63, 3.8) is 0 Å². The lowest BCUT2D eigenvalue weighted by Gasteiger charge is -2.08. The van der Waals surface area contributed by atoms with Gasteiger partial charge in [-0.25, -0.2) is 0 Å². The molecule has 0 saturated carbocycles. The lowest BCUT2D eigenvalue weighted by Crippen LogP contribution is -1.90. The molecule has 0 N–H and O–H groups in total. The number of methoxy groups -OCH3 is 2. The Bertz CT molecular complexity index is 683. The zero-order valence-electron chi connectivity index (χ0n) is 11.0. The van der Waals surface area contributed by atoms with E-state index >= 15 is 0 Å². The van der Waals surface area contributed by atoms with Crippen LogP contribution in [0.2, 0.25) is 0 Å². The van der Waals surface area contributed by atoms with Gasteiger partial charge in [-0.15, -0.1) is 0 Å². The summed E-state index contributed by atoms with van der Waals surface area (Å²) in [5.41, 5.74) is 3.45. The van der Waals surface area contributed by atoms with Crippen molar-refractivity contribution in [1.29, 1.82) is 0 Å². The summed E-state index contributed by atoms with van der Waals surface area (Å²) >= 11 is 0. The van der Waals surface area contributed by atoms with E-state index in [1.165, 1.54) is 5.52 Å². The number of pyridine rings is 1. The average Bonchev–Trinajstić information content (AvgIpc) is 2.90. The van der Waals surface area contributed by atoms with Gasteiger partial charge in [-0.05, 0) is 35.9 Å². The lowest BCUT2D eigenvalue weighted by molar-refractivity contribution is 0.355. The molecule has 0 aliphatic heterocycles. The Morgan fingerprint density at radius 1 is 0.842 bits per heavy atom. The number of aromatic nitrogens is 1. The first kappa shape index (κ1) is 11.7. The van der Waals surface area contributed by atoms with Crippen molar-refractivity contribution >= 4 is 5.52 Å². The zero-order chi connectivity index (χ0) is 13.2. The molecule has 0 aliphatic carbocycles. The summed E-state index contributed by atoms with van der Waals surface area (Å²) in [6.07, 6.45) is 4.15. The first-order chi connectivity index (χ1) is 9.31. The molecule has 3 nitrogen and oxygen atoms in total. The summed E-state index contributed by atoms with van der Waals surface area (Å²) < 4.78 is 12.7. The van der Waals surface area contributed by atoms with Crippen molar-refractivity contribution in [3.8, 4) is 22.6 Å². The fraction of sp³-hybridized carbons (Fsp3) is 0.125. The molecule has 3 heteroatoms. The first-order valence-electron chi connectivity index (χ1n) is 6.11. The maximum absolute atomic E-state index is 5.34. The predicted octanol–water partition coefficient (Wildman–Crippen LogP) is 3.62. The third-order valence-corrected chi connectivity index (χ3v) is 3.22. The Kier molecular flexibility index (Phi) is 2.88. The fourth-order valence-corrected chi connectivity index (χ4v) is 2.23. The van der Waals surface area contributed by atoms with E-state index in [2.05, 4.69) is 22.7 Å². The van der Waals surface area contributed by atoms with Gasteiger partial charge in [0.1, 0.15) is 0 Å². The number of hydrogen-bond acceptors (Lipinski definition) is 2. The largest absolute Gasteiger partial charge is 0.493 e. The number of ether oxygens (including phenoxy) is 2. The van der Waals surface area contributed by atoms with Crippen LogP contribution in [0.25, 0.3) is 16.6 Å². The predicted molar refractivity (Wildman–Crippen MR) is 75.9 cm³/mol. The lowest BCUT2D eigenvalue weighted by atomic mass is 10.1. The molecule has 0 fully saturated rings. The molecule has 0 radical (unpaired) electrons. The normalized spacial score (nSPS) is 10.6. The second-order valence-corrected chi connectivity index (χ2v) is 4.33. The molecule has 3 aromatic rings.